The van der Waals surface area contributed by atoms with E-state index in [1.807, 2.05) is 32.5 Å². The molecule has 0 aromatic rings. The number of amides is 1. The molecule has 1 saturated carbocycles. The number of ether oxygens (including phenoxy) is 1. The van der Waals surface area contributed by atoms with E-state index in [1.54, 1.807) is 0 Å². The lowest BCUT2D eigenvalue weighted by atomic mass is 9.85. The molecule has 1 fully saturated rings. The van der Waals surface area contributed by atoms with E-state index in [0.717, 1.165) is 18.8 Å². The highest BCUT2D eigenvalue weighted by molar-refractivity contribution is 8.02. The van der Waals surface area contributed by atoms with Crippen LogP contribution in [0.1, 0.15) is 46.5 Å². The molecule has 0 radical (unpaired) electrons. The van der Waals surface area contributed by atoms with Crippen LogP contribution in [0.5, 0.6) is 0 Å². The van der Waals surface area contributed by atoms with E-state index >= 15 is 0 Å². The Morgan fingerprint density at radius 3 is 2.45 bits per heavy atom. The van der Waals surface area contributed by atoms with E-state index in [1.165, 1.54) is 12.8 Å². The Labute approximate surface area is 126 Å². The number of hydrogen-bond donors (Lipinski definition) is 1. The second-order valence-corrected chi connectivity index (χ2v) is 7.76. The van der Waals surface area contributed by atoms with Gasteiger partial charge in [0.15, 0.2) is 0 Å². The molecule has 1 unspecified atom stereocenters. The van der Waals surface area contributed by atoms with Crippen molar-refractivity contribution in [3.63, 3.8) is 0 Å². The fourth-order valence-corrected chi connectivity index (χ4v) is 4.04. The van der Waals surface area contributed by atoms with Gasteiger partial charge >= 0.3 is 6.09 Å². The van der Waals surface area contributed by atoms with Crippen LogP contribution in [-0.2, 0) is 4.74 Å². The number of nitrogens with zero attached hydrogens (tertiary/aromatic N) is 1. The number of nitrogens with one attached hydrogen (secondary N) is 1. The third-order valence-electron chi connectivity index (χ3n) is 3.81. The lowest BCUT2D eigenvalue weighted by Gasteiger charge is -2.35. The summed E-state index contributed by atoms with van der Waals surface area (Å²) in [4.78, 5) is 14.1. The first kappa shape index (κ1) is 15.5. The number of carbonyl (C=O) groups is 1. The van der Waals surface area contributed by atoms with Crippen LogP contribution in [0.2, 0.25) is 0 Å². The van der Waals surface area contributed by atoms with Gasteiger partial charge in [0, 0.05) is 19.3 Å². The average Bonchev–Trinajstić information content (AvgIpc) is 2.74. The highest BCUT2D eigenvalue weighted by Crippen LogP contribution is 2.37. The molecule has 0 saturated heterocycles. The van der Waals surface area contributed by atoms with Gasteiger partial charge in [-0.15, -0.1) is 11.8 Å². The first-order valence-corrected chi connectivity index (χ1v) is 8.33. The van der Waals surface area contributed by atoms with E-state index < -0.39 is 5.60 Å². The van der Waals surface area contributed by atoms with E-state index in [9.17, 15) is 4.79 Å². The molecule has 0 spiro atoms. The first-order valence-electron chi connectivity index (χ1n) is 7.39. The molecule has 0 aromatic heterocycles. The fourth-order valence-electron chi connectivity index (χ4n) is 2.86. The number of hydrogen-bond acceptors (Lipinski definition) is 4. The Bertz CT molecular complexity index is 371. The van der Waals surface area contributed by atoms with Gasteiger partial charge in [-0.1, -0.05) is 0 Å². The van der Waals surface area contributed by atoms with Gasteiger partial charge in [0.05, 0.1) is 5.37 Å². The molecule has 114 valence electrons. The van der Waals surface area contributed by atoms with Gasteiger partial charge in [0.25, 0.3) is 0 Å². The summed E-state index contributed by atoms with van der Waals surface area (Å²) in [5, 5.41) is 5.76. The zero-order valence-electron chi connectivity index (χ0n) is 12.9. The van der Waals surface area contributed by atoms with Crippen molar-refractivity contribution in [3.8, 4) is 0 Å². The zero-order chi connectivity index (χ0) is 14.8. The molecular weight excluding hydrogens is 272 g/mol. The Kier molecular flexibility index (Phi) is 4.89. The summed E-state index contributed by atoms with van der Waals surface area (Å²) in [6, 6.07) is 0.269. The van der Waals surface area contributed by atoms with E-state index in [-0.39, 0.29) is 12.1 Å². The van der Waals surface area contributed by atoms with E-state index in [2.05, 4.69) is 28.9 Å². The summed E-state index contributed by atoms with van der Waals surface area (Å²) in [6.07, 6.45) is 6.31. The molecule has 1 aliphatic heterocycles. The summed E-state index contributed by atoms with van der Waals surface area (Å²) in [5.41, 5.74) is -0.420. The van der Waals surface area contributed by atoms with Crippen molar-refractivity contribution < 1.29 is 9.53 Å². The van der Waals surface area contributed by atoms with Crippen LogP contribution < -0.4 is 5.32 Å². The van der Waals surface area contributed by atoms with Crippen molar-refractivity contribution >= 4 is 17.9 Å². The lowest BCUT2D eigenvalue weighted by molar-refractivity contribution is 0.0484. The van der Waals surface area contributed by atoms with Crippen LogP contribution in [0.25, 0.3) is 0 Å². The number of rotatable bonds is 2. The molecule has 2 rings (SSSR count). The number of alkyl carbamates (subject to hydrolysis) is 1. The Hall–Kier alpha value is -0.840. The minimum absolute atomic E-state index is 0.269. The molecule has 0 aromatic carbocycles. The predicted molar refractivity (Wildman–Crippen MR) is 83.4 cm³/mol. The molecule has 1 amide bonds. The van der Waals surface area contributed by atoms with Crippen molar-refractivity contribution in [1.29, 1.82) is 0 Å². The van der Waals surface area contributed by atoms with Gasteiger partial charge in [-0.3, -0.25) is 0 Å². The van der Waals surface area contributed by atoms with Crippen molar-refractivity contribution in [2.75, 3.05) is 7.05 Å². The SMILES string of the molecule is CN1C=CSC1[C@H]1CC[C@H](NC(=O)OC(C)(C)C)CC1. The molecule has 1 atom stereocenters. The molecular formula is C15H26N2O2S. The maximum atomic E-state index is 11.8. The van der Waals surface area contributed by atoms with Crippen molar-refractivity contribution in [2.24, 2.45) is 5.92 Å². The highest BCUT2D eigenvalue weighted by Gasteiger charge is 2.31. The van der Waals surface area contributed by atoms with Gasteiger partial charge < -0.3 is 15.0 Å². The average molecular weight is 298 g/mol. The van der Waals surface area contributed by atoms with E-state index in [4.69, 9.17) is 4.74 Å². The van der Waals surface area contributed by atoms with Gasteiger partial charge in [-0.2, -0.15) is 0 Å². The van der Waals surface area contributed by atoms with Gasteiger partial charge in [0.2, 0.25) is 0 Å². The minimum atomic E-state index is -0.420. The molecule has 1 N–H and O–H groups in total. The van der Waals surface area contributed by atoms with Crippen LogP contribution >= 0.6 is 11.8 Å². The Balaban J connectivity index is 1.73. The van der Waals surface area contributed by atoms with E-state index in [0.29, 0.717) is 5.37 Å². The van der Waals surface area contributed by atoms with Gasteiger partial charge in [-0.05, 0) is 57.8 Å². The topological polar surface area (TPSA) is 41.6 Å². The smallest absolute Gasteiger partial charge is 0.407 e. The van der Waals surface area contributed by atoms with Crippen LogP contribution in [0.15, 0.2) is 11.6 Å². The molecule has 0 bridgehead atoms. The summed E-state index contributed by atoms with van der Waals surface area (Å²) >= 11 is 1.91. The standard InChI is InChI=1S/C15H26N2O2S/c1-15(2,3)19-14(18)16-12-7-5-11(6-8-12)13-17(4)9-10-20-13/h9-13H,5-8H2,1-4H3,(H,16,18)/t11-,12-,13?. The second kappa shape index (κ2) is 6.29. The first-order chi connectivity index (χ1) is 9.35. The van der Waals surface area contributed by atoms with Gasteiger partial charge in [-0.25, -0.2) is 4.79 Å². The summed E-state index contributed by atoms with van der Waals surface area (Å²) in [7, 11) is 2.15. The predicted octanol–water partition coefficient (Wildman–Crippen LogP) is 3.55. The Morgan fingerprint density at radius 1 is 1.30 bits per heavy atom. The Morgan fingerprint density at radius 2 is 1.95 bits per heavy atom. The molecule has 2 aliphatic rings. The molecule has 20 heavy (non-hydrogen) atoms. The van der Waals surface area contributed by atoms with Gasteiger partial charge in [0.1, 0.15) is 5.60 Å². The normalized spacial score (nSPS) is 30.4. The van der Waals surface area contributed by atoms with Crippen LogP contribution in [-0.4, -0.2) is 35.1 Å². The summed E-state index contributed by atoms with van der Waals surface area (Å²) < 4.78 is 5.31. The zero-order valence-corrected chi connectivity index (χ0v) is 13.7. The largest absolute Gasteiger partial charge is 0.444 e. The molecule has 4 nitrogen and oxygen atoms in total. The fraction of sp³-hybridized carbons (Fsp3) is 0.800. The van der Waals surface area contributed by atoms with Crippen molar-refractivity contribution in [3.05, 3.63) is 11.6 Å². The molecule has 1 heterocycles. The minimum Gasteiger partial charge on any atom is -0.444 e. The maximum absolute atomic E-state index is 11.8. The van der Waals surface area contributed by atoms with Crippen molar-refractivity contribution in [1.82, 2.24) is 10.2 Å². The van der Waals surface area contributed by atoms with Crippen LogP contribution in [0.4, 0.5) is 4.79 Å². The quantitative estimate of drug-likeness (QED) is 0.846. The van der Waals surface area contributed by atoms with Crippen molar-refractivity contribution in [2.45, 2.75) is 63.5 Å². The third kappa shape index (κ3) is 4.33. The van der Waals surface area contributed by atoms with Crippen LogP contribution in [0, 0.1) is 5.92 Å². The summed E-state index contributed by atoms with van der Waals surface area (Å²) in [6.45, 7) is 5.68. The number of carbonyl (C=O) groups excluding carboxylic acids is 1. The molecule has 1 aliphatic carbocycles. The maximum Gasteiger partial charge on any atom is 0.407 e. The second-order valence-electron chi connectivity index (χ2n) is 6.74. The number of thioether (sulfide) groups is 1. The highest BCUT2D eigenvalue weighted by atomic mass is 32.2. The molecule has 5 heteroatoms. The lowest BCUT2D eigenvalue weighted by Crippen LogP contribution is -2.42. The third-order valence-corrected chi connectivity index (χ3v) is 5.09. The monoisotopic (exact) mass is 298 g/mol. The summed E-state index contributed by atoms with van der Waals surface area (Å²) in [5.74, 6) is 0.719. The van der Waals surface area contributed by atoms with Crippen LogP contribution in [0.3, 0.4) is 0 Å².